The van der Waals surface area contributed by atoms with Crippen molar-refractivity contribution in [2.24, 2.45) is 5.84 Å². The van der Waals surface area contributed by atoms with E-state index in [2.05, 4.69) is 17.4 Å². The number of rotatable bonds is 3. The van der Waals surface area contributed by atoms with Crippen molar-refractivity contribution in [1.82, 2.24) is 9.80 Å². The van der Waals surface area contributed by atoms with Gasteiger partial charge in [0.15, 0.2) is 0 Å². The highest BCUT2D eigenvalue weighted by atomic mass is 19.1. The Hall–Kier alpha value is -1.66. The van der Waals surface area contributed by atoms with Gasteiger partial charge in [0.2, 0.25) is 0 Å². The lowest BCUT2D eigenvalue weighted by Crippen LogP contribution is -2.44. The van der Waals surface area contributed by atoms with Crippen LogP contribution in [-0.4, -0.2) is 48.9 Å². The van der Waals surface area contributed by atoms with E-state index >= 15 is 0 Å². The van der Waals surface area contributed by atoms with Gasteiger partial charge in [0, 0.05) is 13.1 Å². The molecule has 1 aliphatic heterocycles. The molecule has 1 heterocycles. The number of nitrogens with zero attached hydrogens (tertiary/aromatic N) is 2. The fourth-order valence-electron chi connectivity index (χ4n) is 2.59. The first-order valence-corrected chi connectivity index (χ1v) is 6.75. The van der Waals surface area contributed by atoms with Crippen molar-refractivity contribution in [1.29, 1.82) is 0 Å². The minimum atomic E-state index is -0.518. The Labute approximate surface area is 118 Å². The fraction of sp³-hybridized carbons (Fsp3) is 0.500. The van der Waals surface area contributed by atoms with Crippen LogP contribution in [-0.2, 0) is 0 Å². The molecule has 0 radical (unpaired) electrons. The number of halogens is 1. The number of carbonyl (C=O) groups is 1. The van der Waals surface area contributed by atoms with Crippen molar-refractivity contribution < 1.29 is 9.18 Å². The highest BCUT2D eigenvalue weighted by Gasteiger charge is 2.26. The molecule has 1 fully saturated rings. The maximum Gasteiger partial charge on any atom is 0.256 e. The number of likely N-dealkylation sites (tertiary alicyclic amines) is 1. The molecule has 0 aromatic heterocycles. The van der Waals surface area contributed by atoms with Crippen LogP contribution < -0.4 is 11.3 Å². The molecule has 1 aliphatic rings. The first kappa shape index (κ1) is 14.7. The molecule has 6 heteroatoms. The van der Waals surface area contributed by atoms with Gasteiger partial charge in [-0.15, -0.1) is 0 Å². The highest BCUT2D eigenvalue weighted by molar-refractivity contribution is 5.99. The Morgan fingerprint density at radius 3 is 2.70 bits per heavy atom. The second-order valence-electron chi connectivity index (χ2n) is 5.26. The molecule has 0 bridgehead atoms. The molecule has 110 valence electrons. The molecule has 1 aromatic carbocycles. The Kier molecular flexibility index (Phi) is 4.57. The van der Waals surface area contributed by atoms with Crippen LogP contribution in [0.2, 0.25) is 0 Å². The van der Waals surface area contributed by atoms with E-state index in [4.69, 9.17) is 5.84 Å². The van der Waals surface area contributed by atoms with E-state index in [1.165, 1.54) is 12.1 Å². The summed E-state index contributed by atoms with van der Waals surface area (Å²) in [6.07, 6.45) is 1.86. The number of carbonyl (C=O) groups excluding carboxylic acids is 1. The summed E-state index contributed by atoms with van der Waals surface area (Å²) in [6, 6.07) is 4.58. The van der Waals surface area contributed by atoms with Gasteiger partial charge in [-0.2, -0.15) is 0 Å². The topological polar surface area (TPSA) is 61.6 Å². The zero-order valence-corrected chi connectivity index (χ0v) is 11.9. The summed E-state index contributed by atoms with van der Waals surface area (Å²) in [5.74, 6) is 4.60. The average molecular weight is 280 g/mol. The first-order valence-electron chi connectivity index (χ1n) is 6.75. The van der Waals surface area contributed by atoms with Gasteiger partial charge in [0.05, 0.1) is 11.3 Å². The van der Waals surface area contributed by atoms with Gasteiger partial charge in [-0.1, -0.05) is 6.07 Å². The highest BCUT2D eigenvalue weighted by Crippen LogP contribution is 2.23. The van der Waals surface area contributed by atoms with Crippen molar-refractivity contribution in [2.75, 3.05) is 32.6 Å². The number of anilines is 1. The Bertz CT molecular complexity index is 486. The molecule has 3 N–H and O–H groups in total. The normalized spacial score (nSPS) is 17.0. The number of hydrogen-bond donors (Lipinski definition) is 2. The van der Waals surface area contributed by atoms with E-state index in [1.807, 2.05) is 0 Å². The molecule has 1 aromatic rings. The second kappa shape index (κ2) is 6.19. The molecule has 20 heavy (non-hydrogen) atoms. The van der Waals surface area contributed by atoms with E-state index in [-0.39, 0.29) is 23.2 Å². The lowest BCUT2D eigenvalue weighted by molar-refractivity contribution is 0.0660. The summed E-state index contributed by atoms with van der Waals surface area (Å²) in [5.41, 5.74) is 2.60. The van der Waals surface area contributed by atoms with Gasteiger partial charge >= 0.3 is 0 Å². The molecule has 0 spiro atoms. The smallest absolute Gasteiger partial charge is 0.256 e. The van der Waals surface area contributed by atoms with E-state index in [0.29, 0.717) is 0 Å². The van der Waals surface area contributed by atoms with Gasteiger partial charge in [0.25, 0.3) is 5.91 Å². The van der Waals surface area contributed by atoms with Crippen molar-refractivity contribution in [2.45, 2.75) is 18.9 Å². The number of piperidine rings is 1. The van der Waals surface area contributed by atoms with Gasteiger partial charge in [0.1, 0.15) is 5.82 Å². The molecule has 2 rings (SSSR count). The third kappa shape index (κ3) is 2.91. The molecule has 1 amide bonds. The van der Waals surface area contributed by atoms with Crippen molar-refractivity contribution in [3.63, 3.8) is 0 Å². The Morgan fingerprint density at radius 1 is 1.45 bits per heavy atom. The van der Waals surface area contributed by atoms with Crippen LogP contribution in [0.15, 0.2) is 18.2 Å². The first-order chi connectivity index (χ1) is 9.54. The van der Waals surface area contributed by atoms with Gasteiger partial charge in [-0.25, -0.2) is 4.39 Å². The molecular weight excluding hydrogens is 259 g/mol. The Morgan fingerprint density at radius 2 is 2.10 bits per heavy atom. The maximum absolute atomic E-state index is 13.6. The molecule has 5 nitrogen and oxygen atoms in total. The van der Waals surface area contributed by atoms with E-state index in [0.717, 1.165) is 25.9 Å². The number of nitrogen functional groups attached to an aromatic ring is 1. The Balaban J connectivity index is 2.16. The predicted molar refractivity (Wildman–Crippen MR) is 76.8 cm³/mol. The van der Waals surface area contributed by atoms with Crippen LogP contribution in [0.25, 0.3) is 0 Å². The van der Waals surface area contributed by atoms with Gasteiger partial charge < -0.3 is 15.2 Å². The summed E-state index contributed by atoms with van der Waals surface area (Å²) in [6.45, 7) is 1.93. The molecule has 0 aliphatic carbocycles. The molecule has 0 atom stereocenters. The van der Waals surface area contributed by atoms with Crippen LogP contribution in [0, 0.1) is 5.82 Å². The summed E-state index contributed by atoms with van der Waals surface area (Å²) < 4.78 is 13.6. The van der Waals surface area contributed by atoms with Crippen LogP contribution in [0.5, 0.6) is 0 Å². The number of amides is 1. The van der Waals surface area contributed by atoms with E-state index < -0.39 is 5.82 Å². The van der Waals surface area contributed by atoms with Crippen LogP contribution in [0.4, 0.5) is 10.1 Å². The zero-order chi connectivity index (χ0) is 14.7. The minimum Gasteiger partial charge on any atom is -0.339 e. The molecular formula is C14H21FN4O. The number of para-hydroxylation sites is 1. The van der Waals surface area contributed by atoms with E-state index in [9.17, 15) is 9.18 Å². The standard InChI is InChI=1S/C14H21FN4O/c1-18-8-6-10(7-9-18)19(2)14(20)11-4-3-5-12(15)13(11)17-16/h3-5,10,17H,6-9,16H2,1-2H3. The maximum atomic E-state index is 13.6. The monoisotopic (exact) mass is 280 g/mol. The number of hydrogen-bond acceptors (Lipinski definition) is 4. The van der Waals surface area contributed by atoms with Crippen LogP contribution in [0.3, 0.4) is 0 Å². The van der Waals surface area contributed by atoms with Gasteiger partial charge in [-0.3, -0.25) is 10.6 Å². The van der Waals surface area contributed by atoms with Gasteiger partial charge in [-0.05, 0) is 45.1 Å². The lowest BCUT2D eigenvalue weighted by Gasteiger charge is -2.35. The SMILES string of the molecule is CN1CCC(N(C)C(=O)c2cccc(F)c2NN)CC1. The quantitative estimate of drug-likeness (QED) is 0.647. The van der Waals surface area contributed by atoms with Crippen molar-refractivity contribution in [3.8, 4) is 0 Å². The third-order valence-corrected chi connectivity index (χ3v) is 3.94. The number of nitrogens with two attached hydrogens (primary N) is 1. The second-order valence-corrected chi connectivity index (χ2v) is 5.26. The predicted octanol–water partition coefficient (Wildman–Crippen LogP) is 1.28. The van der Waals surface area contributed by atoms with Crippen LogP contribution in [0.1, 0.15) is 23.2 Å². The lowest BCUT2D eigenvalue weighted by atomic mass is 10.0. The largest absolute Gasteiger partial charge is 0.339 e. The molecule has 0 unspecified atom stereocenters. The number of nitrogens with one attached hydrogen (secondary N) is 1. The van der Waals surface area contributed by atoms with E-state index in [1.54, 1.807) is 18.0 Å². The summed E-state index contributed by atoms with van der Waals surface area (Å²) in [7, 11) is 3.84. The summed E-state index contributed by atoms with van der Waals surface area (Å²) >= 11 is 0. The number of hydrazine groups is 1. The molecule has 0 saturated carbocycles. The zero-order valence-electron chi connectivity index (χ0n) is 11.9. The minimum absolute atomic E-state index is 0.0530. The third-order valence-electron chi connectivity index (χ3n) is 3.94. The molecule has 1 saturated heterocycles. The average Bonchev–Trinajstić information content (AvgIpc) is 2.46. The summed E-state index contributed by atoms with van der Waals surface area (Å²) in [5, 5.41) is 0. The number of benzene rings is 1. The fourth-order valence-corrected chi connectivity index (χ4v) is 2.59. The van der Waals surface area contributed by atoms with Crippen molar-refractivity contribution in [3.05, 3.63) is 29.6 Å². The van der Waals surface area contributed by atoms with Crippen LogP contribution >= 0.6 is 0 Å². The summed E-state index contributed by atoms with van der Waals surface area (Å²) in [4.78, 5) is 16.4. The van der Waals surface area contributed by atoms with Crippen molar-refractivity contribution >= 4 is 11.6 Å².